The van der Waals surface area contributed by atoms with Gasteiger partial charge in [0.1, 0.15) is 0 Å². The van der Waals surface area contributed by atoms with Crippen molar-refractivity contribution >= 4 is 5.91 Å². The maximum Gasteiger partial charge on any atom is 0.223 e. The molecule has 1 aliphatic carbocycles. The number of aliphatic hydroxyl groups excluding tert-OH is 1. The monoisotopic (exact) mass is 491 g/mol. The predicted octanol–water partition coefficient (Wildman–Crippen LogP) is 5.25. The molecule has 2 N–H and O–H groups in total. The third kappa shape index (κ3) is 10.8. The average Bonchev–Trinajstić information content (AvgIpc) is 3.65. The highest BCUT2D eigenvalue weighted by Crippen LogP contribution is 2.32. The number of methoxy groups -OCH3 is 2. The number of ether oxygens (including phenoxy) is 3. The molecule has 1 fully saturated rings. The molecule has 1 aliphatic rings. The molecule has 1 aromatic carbocycles. The van der Waals surface area contributed by atoms with Crippen LogP contribution in [-0.4, -0.2) is 51.1 Å². The number of carbonyl (C=O) groups excluding carboxylic acids is 1. The first-order valence-corrected chi connectivity index (χ1v) is 13.5. The lowest BCUT2D eigenvalue weighted by Gasteiger charge is -2.26. The molecule has 2 rings (SSSR count). The molecule has 0 heterocycles. The van der Waals surface area contributed by atoms with Crippen molar-refractivity contribution in [1.82, 2.24) is 5.32 Å². The van der Waals surface area contributed by atoms with E-state index in [2.05, 4.69) is 45.1 Å². The Morgan fingerprint density at radius 3 is 2.40 bits per heavy atom. The predicted molar refractivity (Wildman–Crippen MR) is 141 cm³/mol. The molecular formula is C29H49NO5. The normalized spacial score (nSPS) is 16.3. The van der Waals surface area contributed by atoms with Crippen LogP contribution in [0.5, 0.6) is 11.5 Å². The smallest absolute Gasteiger partial charge is 0.223 e. The van der Waals surface area contributed by atoms with Gasteiger partial charge in [-0.2, -0.15) is 0 Å². The third-order valence-electron chi connectivity index (χ3n) is 7.22. The van der Waals surface area contributed by atoms with Crippen LogP contribution >= 0.6 is 0 Å². The number of amides is 1. The van der Waals surface area contributed by atoms with Crippen LogP contribution in [-0.2, 0) is 16.0 Å². The number of aliphatic hydroxyl groups is 1. The molecular weight excluding hydrogens is 442 g/mol. The summed E-state index contributed by atoms with van der Waals surface area (Å²) in [6, 6.07) is 6.16. The van der Waals surface area contributed by atoms with Crippen molar-refractivity contribution < 1.29 is 24.1 Å². The van der Waals surface area contributed by atoms with Gasteiger partial charge >= 0.3 is 0 Å². The number of benzene rings is 1. The molecule has 35 heavy (non-hydrogen) atoms. The van der Waals surface area contributed by atoms with Crippen LogP contribution < -0.4 is 14.8 Å². The molecule has 0 aromatic heterocycles. The second-order valence-corrected chi connectivity index (χ2v) is 10.9. The second kappa shape index (κ2) is 15.4. The molecule has 6 heteroatoms. The minimum atomic E-state index is -0.467. The number of rotatable bonds is 18. The minimum absolute atomic E-state index is 0.0996. The Morgan fingerprint density at radius 2 is 1.80 bits per heavy atom. The van der Waals surface area contributed by atoms with Gasteiger partial charge in [0.05, 0.1) is 19.8 Å². The Kier molecular flexibility index (Phi) is 12.9. The molecule has 200 valence electrons. The standard InChI is InChI=1S/C29H49NO5/c1-20(2)24(16-23-10-13-27(34-6)28(17-23)35-15-7-14-33-5)11-12-25(31)18-26(21(3)4)29(32)30-19-22-8-9-22/h10,13,17,20-22,24-26,31H,7-9,11-12,14-16,18-19H2,1-6H3,(H,30,32)/t24-,25-,26+/m1/s1. The Balaban J connectivity index is 1.91. The van der Waals surface area contributed by atoms with Crippen molar-refractivity contribution in [2.24, 2.45) is 29.6 Å². The first-order chi connectivity index (χ1) is 16.7. The molecule has 0 saturated heterocycles. The number of nitrogens with one attached hydrogen (secondary N) is 1. The van der Waals surface area contributed by atoms with Crippen molar-refractivity contribution in [2.45, 2.75) is 78.7 Å². The van der Waals surface area contributed by atoms with E-state index in [0.717, 1.165) is 37.3 Å². The van der Waals surface area contributed by atoms with Crippen LogP contribution in [0.2, 0.25) is 0 Å². The molecule has 0 radical (unpaired) electrons. The van der Waals surface area contributed by atoms with Gasteiger partial charge in [-0.25, -0.2) is 0 Å². The summed E-state index contributed by atoms with van der Waals surface area (Å²) in [5.74, 6) is 3.26. The van der Waals surface area contributed by atoms with Gasteiger partial charge in [0.2, 0.25) is 5.91 Å². The third-order valence-corrected chi connectivity index (χ3v) is 7.22. The largest absolute Gasteiger partial charge is 0.493 e. The van der Waals surface area contributed by atoms with E-state index >= 15 is 0 Å². The van der Waals surface area contributed by atoms with E-state index < -0.39 is 6.10 Å². The fourth-order valence-corrected chi connectivity index (χ4v) is 4.52. The SMILES string of the molecule is COCCCOc1cc(C[C@@H](CC[C@@H](O)C[C@H](C(=O)NCC2CC2)C(C)C)C(C)C)ccc1OC. The molecule has 6 nitrogen and oxygen atoms in total. The summed E-state index contributed by atoms with van der Waals surface area (Å²) in [7, 11) is 3.35. The van der Waals surface area contributed by atoms with Gasteiger partial charge in [-0.1, -0.05) is 33.8 Å². The fraction of sp³-hybridized carbons (Fsp3) is 0.759. The van der Waals surface area contributed by atoms with E-state index in [1.54, 1.807) is 14.2 Å². The molecule has 1 amide bonds. The van der Waals surface area contributed by atoms with Gasteiger partial charge in [0, 0.05) is 32.6 Å². The van der Waals surface area contributed by atoms with Crippen LogP contribution in [0.1, 0.15) is 71.8 Å². The minimum Gasteiger partial charge on any atom is -0.493 e. The lowest BCUT2D eigenvalue weighted by atomic mass is 9.82. The van der Waals surface area contributed by atoms with Crippen LogP contribution in [0.4, 0.5) is 0 Å². The van der Waals surface area contributed by atoms with Crippen molar-refractivity contribution in [3.8, 4) is 11.5 Å². The summed E-state index contributed by atoms with van der Waals surface area (Å²) in [5.41, 5.74) is 1.21. The van der Waals surface area contributed by atoms with E-state index in [9.17, 15) is 9.90 Å². The number of carbonyl (C=O) groups is 1. The van der Waals surface area contributed by atoms with Gasteiger partial charge in [0.25, 0.3) is 0 Å². The summed E-state index contributed by atoms with van der Waals surface area (Å²) in [4.78, 5) is 12.7. The number of hydrogen-bond acceptors (Lipinski definition) is 5. The molecule has 1 saturated carbocycles. The van der Waals surface area contributed by atoms with Gasteiger partial charge in [0.15, 0.2) is 11.5 Å². The fourth-order valence-electron chi connectivity index (χ4n) is 4.52. The molecule has 0 spiro atoms. The van der Waals surface area contributed by atoms with Gasteiger partial charge in [-0.15, -0.1) is 0 Å². The first kappa shape index (κ1) is 29.4. The van der Waals surface area contributed by atoms with Crippen LogP contribution in [0.25, 0.3) is 0 Å². The zero-order valence-corrected chi connectivity index (χ0v) is 22.8. The Morgan fingerprint density at radius 1 is 1.06 bits per heavy atom. The summed E-state index contributed by atoms with van der Waals surface area (Å²) < 4.78 is 16.5. The van der Waals surface area contributed by atoms with E-state index in [4.69, 9.17) is 14.2 Å². The topological polar surface area (TPSA) is 77.0 Å². The van der Waals surface area contributed by atoms with Gasteiger partial charge in [-0.3, -0.25) is 4.79 Å². The highest BCUT2D eigenvalue weighted by Gasteiger charge is 2.28. The summed E-state index contributed by atoms with van der Waals surface area (Å²) >= 11 is 0. The van der Waals surface area contributed by atoms with Crippen LogP contribution in [0.3, 0.4) is 0 Å². The zero-order chi connectivity index (χ0) is 25.8. The molecule has 0 unspecified atom stereocenters. The summed E-state index contributed by atoms with van der Waals surface area (Å²) in [5, 5.41) is 13.9. The van der Waals surface area contributed by atoms with Gasteiger partial charge in [-0.05, 0) is 79.9 Å². The quantitative estimate of drug-likeness (QED) is 0.274. The maximum absolute atomic E-state index is 12.7. The van der Waals surface area contributed by atoms with E-state index in [1.165, 1.54) is 18.4 Å². The van der Waals surface area contributed by atoms with E-state index in [-0.39, 0.29) is 17.7 Å². The van der Waals surface area contributed by atoms with Crippen molar-refractivity contribution in [1.29, 1.82) is 0 Å². The Bertz CT molecular complexity index is 747. The lowest BCUT2D eigenvalue weighted by molar-refractivity contribution is -0.127. The highest BCUT2D eigenvalue weighted by molar-refractivity contribution is 5.78. The van der Waals surface area contributed by atoms with E-state index in [1.807, 2.05) is 6.07 Å². The molecule has 0 aliphatic heterocycles. The molecule has 0 bridgehead atoms. The molecule has 3 atom stereocenters. The highest BCUT2D eigenvalue weighted by atomic mass is 16.5. The summed E-state index contributed by atoms with van der Waals surface area (Å²) in [6.45, 7) is 10.7. The van der Waals surface area contributed by atoms with E-state index in [0.29, 0.717) is 43.8 Å². The second-order valence-electron chi connectivity index (χ2n) is 10.9. The number of hydrogen-bond donors (Lipinski definition) is 2. The molecule has 1 aromatic rings. The summed E-state index contributed by atoms with van der Waals surface area (Å²) in [6.07, 6.45) is 5.88. The van der Waals surface area contributed by atoms with Crippen molar-refractivity contribution in [2.75, 3.05) is 34.0 Å². The van der Waals surface area contributed by atoms with Crippen LogP contribution in [0, 0.1) is 29.6 Å². The first-order valence-electron chi connectivity index (χ1n) is 13.5. The van der Waals surface area contributed by atoms with Crippen molar-refractivity contribution in [3.05, 3.63) is 23.8 Å². The maximum atomic E-state index is 12.7. The lowest BCUT2D eigenvalue weighted by Crippen LogP contribution is -2.36. The average molecular weight is 492 g/mol. The van der Waals surface area contributed by atoms with Crippen LogP contribution in [0.15, 0.2) is 18.2 Å². The zero-order valence-electron chi connectivity index (χ0n) is 22.8. The van der Waals surface area contributed by atoms with Gasteiger partial charge < -0.3 is 24.6 Å². The Labute approximate surface area is 213 Å². The Hall–Kier alpha value is -1.79. The van der Waals surface area contributed by atoms with Crippen molar-refractivity contribution in [3.63, 3.8) is 0 Å².